The van der Waals surface area contributed by atoms with Crippen molar-refractivity contribution < 1.29 is 23.9 Å². The lowest BCUT2D eigenvalue weighted by molar-refractivity contribution is -0.119. The number of ether oxygens (including phenoxy) is 2. The van der Waals surface area contributed by atoms with E-state index in [0.29, 0.717) is 12.1 Å². The molecule has 0 aliphatic carbocycles. The van der Waals surface area contributed by atoms with Crippen molar-refractivity contribution >= 4 is 35.3 Å². The first-order valence-electron chi connectivity index (χ1n) is 9.42. The Morgan fingerprint density at radius 1 is 1.19 bits per heavy atom. The number of likely N-dealkylation sites (N-methyl/N-ethyl adjacent to an activating group) is 1. The van der Waals surface area contributed by atoms with Crippen LogP contribution in [0.3, 0.4) is 0 Å². The van der Waals surface area contributed by atoms with Gasteiger partial charge < -0.3 is 33.7 Å². The molecule has 3 rings (SSSR count). The standard InChI is InChI=1S/C19H23ClN6O5/c1-5-30-19(29)16-22-15(10-26(16)4)31-18(28)14-6-11(8-25(14)3)21-17(27)13-7-12(23-20)9-24(13)2/h6,8-10,13,23H,5,7H2,1-4H3,(H,21,27). The van der Waals surface area contributed by atoms with Gasteiger partial charge in [-0.1, -0.05) is 0 Å². The maximum absolute atomic E-state index is 12.6. The van der Waals surface area contributed by atoms with Gasteiger partial charge in [0.25, 0.3) is 0 Å². The van der Waals surface area contributed by atoms with Crippen molar-refractivity contribution in [3.63, 3.8) is 0 Å². The normalized spacial score (nSPS) is 15.5. The molecule has 1 aliphatic heterocycles. The fraction of sp³-hybridized carbons (Fsp3) is 0.368. The molecule has 0 fully saturated rings. The first-order valence-corrected chi connectivity index (χ1v) is 9.80. The van der Waals surface area contributed by atoms with E-state index in [4.69, 9.17) is 21.3 Å². The maximum Gasteiger partial charge on any atom is 0.374 e. The Morgan fingerprint density at radius 3 is 2.58 bits per heavy atom. The fourth-order valence-electron chi connectivity index (χ4n) is 3.16. The lowest BCUT2D eigenvalue weighted by Gasteiger charge is -2.19. The third-order valence-electron chi connectivity index (χ3n) is 4.68. The molecule has 31 heavy (non-hydrogen) atoms. The number of aromatic nitrogens is 3. The number of hydrogen-bond donors (Lipinski definition) is 2. The molecular weight excluding hydrogens is 428 g/mol. The largest absolute Gasteiger partial charge is 0.460 e. The number of carbonyl (C=O) groups is 3. The Bertz CT molecular complexity index is 1040. The number of halogens is 1. The molecule has 11 nitrogen and oxygen atoms in total. The highest BCUT2D eigenvalue weighted by Gasteiger charge is 2.29. The van der Waals surface area contributed by atoms with Crippen molar-refractivity contribution in [3.05, 3.63) is 41.9 Å². The molecule has 0 bridgehead atoms. The van der Waals surface area contributed by atoms with Gasteiger partial charge in [-0.2, -0.15) is 4.98 Å². The molecule has 1 amide bonds. The van der Waals surface area contributed by atoms with Crippen molar-refractivity contribution in [3.8, 4) is 5.88 Å². The molecule has 0 radical (unpaired) electrons. The molecular formula is C19H23ClN6O5. The molecule has 2 N–H and O–H groups in total. The monoisotopic (exact) mass is 450 g/mol. The summed E-state index contributed by atoms with van der Waals surface area (Å²) in [5, 5.41) is 2.79. The maximum atomic E-state index is 12.6. The number of amides is 1. The van der Waals surface area contributed by atoms with Gasteiger partial charge in [0.15, 0.2) is 0 Å². The summed E-state index contributed by atoms with van der Waals surface area (Å²) in [7, 11) is 5.01. The average Bonchev–Trinajstić information content (AvgIpc) is 3.38. The fourth-order valence-corrected chi connectivity index (χ4v) is 3.29. The molecule has 1 aliphatic rings. The van der Waals surface area contributed by atoms with E-state index in [0.717, 1.165) is 5.70 Å². The molecule has 2 aromatic rings. The predicted molar refractivity (Wildman–Crippen MR) is 111 cm³/mol. The van der Waals surface area contributed by atoms with Crippen LogP contribution in [0.4, 0.5) is 5.69 Å². The van der Waals surface area contributed by atoms with Crippen LogP contribution in [-0.2, 0) is 23.6 Å². The number of esters is 2. The minimum absolute atomic E-state index is 0.0181. The molecule has 0 saturated heterocycles. The lowest BCUT2D eigenvalue weighted by atomic mass is 10.2. The van der Waals surface area contributed by atoms with Gasteiger partial charge in [-0.25, -0.2) is 9.59 Å². The molecule has 12 heteroatoms. The second kappa shape index (κ2) is 9.13. The number of nitrogens with one attached hydrogen (secondary N) is 2. The Hall–Kier alpha value is -3.47. The summed E-state index contributed by atoms with van der Waals surface area (Å²) in [5.74, 6) is -1.57. The highest BCUT2D eigenvalue weighted by molar-refractivity contribution is 6.14. The van der Waals surface area contributed by atoms with Crippen LogP contribution in [0.15, 0.2) is 30.4 Å². The number of imidazole rings is 1. The van der Waals surface area contributed by atoms with Crippen LogP contribution >= 0.6 is 11.8 Å². The summed E-state index contributed by atoms with van der Waals surface area (Å²) in [6.45, 7) is 1.89. The Morgan fingerprint density at radius 2 is 1.94 bits per heavy atom. The van der Waals surface area contributed by atoms with Crippen LogP contribution in [0.5, 0.6) is 5.88 Å². The Balaban J connectivity index is 1.67. The van der Waals surface area contributed by atoms with Gasteiger partial charge in [0, 0.05) is 57.4 Å². The second-order valence-corrected chi connectivity index (χ2v) is 7.16. The molecule has 1 unspecified atom stereocenters. The van der Waals surface area contributed by atoms with Gasteiger partial charge in [0.2, 0.25) is 17.6 Å². The molecule has 1 atom stereocenters. The van der Waals surface area contributed by atoms with E-state index >= 15 is 0 Å². The first kappa shape index (κ1) is 22.2. The van der Waals surface area contributed by atoms with Gasteiger partial charge in [0.1, 0.15) is 11.7 Å². The van der Waals surface area contributed by atoms with Crippen LogP contribution in [0, 0.1) is 0 Å². The third-order valence-corrected chi connectivity index (χ3v) is 4.92. The van der Waals surface area contributed by atoms with Crippen LogP contribution < -0.4 is 14.9 Å². The number of rotatable bonds is 7. The van der Waals surface area contributed by atoms with Gasteiger partial charge in [-0.3, -0.25) is 4.79 Å². The van der Waals surface area contributed by atoms with Crippen molar-refractivity contribution in [2.24, 2.45) is 14.1 Å². The van der Waals surface area contributed by atoms with Crippen molar-refractivity contribution in [1.82, 2.24) is 23.9 Å². The molecule has 0 spiro atoms. The first-order chi connectivity index (χ1) is 14.7. The van der Waals surface area contributed by atoms with E-state index < -0.39 is 18.0 Å². The molecule has 0 aromatic carbocycles. The Labute approximate surface area is 183 Å². The zero-order valence-corrected chi connectivity index (χ0v) is 18.3. The number of nitrogens with zero attached hydrogens (tertiary/aromatic N) is 4. The predicted octanol–water partition coefficient (Wildman–Crippen LogP) is 1.38. The van der Waals surface area contributed by atoms with E-state index in [1.54, 1.807) is 45.4 Å². The van der Waals surface area contributed by atoms with Crippen molar-refractivity contribution in [2.45, 2.75) is 19.4 Å². The SMILES string of the molecule is CCOC(=O)c1nc(OC(=O)c2cc(NC(=O)C3CC(NCl)=CN3C)cn2C)cn1C. The summed E-state index contributed by atoms with van der Waals surface area (Å²) in [6, 6.07) is 1.07. The smallest absolute Gasteiger partial charge is 0.374 e. The highest BCUT2D eigenvalue weighted by Crippen LogP contribution is 2.22. The summed E-state index contributed by atoms with van der Waals surface area (Å²) in [6.07, 6.45) is 5.19. The molecule has 2 aromatic heterocycles. The van der Waals surface area contributed by atoms with Crippen LogP contribution in [-0.4, -0.2) is 56.6 Å². The van der Waals surface area contributed by atoms with Gasteiger partial charge in [-0.05, 0) is 13.0 Å². The summed E-state index contributed by atoms with van der Waals surface area (Å²) in [4.78, 5) is 45.3. The van der Waals surface area contributed by atoms with Crippen LogP contribution in [0.2, 0.25) is 0 Å². The quantitative estimate of drug-likeness (QED) is 0.479. The minimum atomic E-state index is -0.690. The zero-order chi connectivity index (χ0) is 22.7. The van der Waals surface area contributed by atoms with E-state index in [1.807, 2.05) is 0 Å². The van der Waals surface area contributed by atoms with E-state index in [-0.39, 0.29) is 29.9 Å². The second-order valence-electron chi connectivity index (χ2n) is 6.97. The lowest BCUT2D eigenvalue weighted by Crippen LogP contribution is -2.36. The Kier molecular flexibility index (Phi) is 6.54. The van der Waals surface area contributed by atoms with Gasteiger partial charge >= 0.3 is 11.9 Å². The number of hydrogen-bond acceptors (Lipinski definition) is 8. The van der Waals surface area contributed by atoms with Crippen LogP contribution in [0.1, 0.15) is 34.5 Å². The number of aryl methyl sites for hydroxylation is 2. The van der Waals surface area contributed by atoms with E-state index in [1.165, 1.54) is 21.4 Å². The topological polar surface area (TPSA) is 120 Å². The van der Waals surface area contributed by atoms with E-state index in [9.17, 15) is 14.4 Å². The number of carbonyl (C=O) groups excluding carboxylic acids is 3. The molecule has 3 heterocycles. The average molecular weight is 451 g/mol. The minimum Gasteiger partial charge on any atom is -0.460 e. The van der Waals surface area contributed by atoms with Crippen molar-refractivity contribution in [1.29, 1.82) is 0 Å². The summed E-state index contributed by atoms with van der Waals surface area (Å²) >= 11 is 5.61. The molecule has 166 valence electrons. The van der Waals surface area contributed by atoms with Gasteiger partial charge in [0.05, 0.1) is 18.5 Å². The summed E-state index contributed by atoms with van der Waals surface area (Å²) in [5.41, 5.74) is 1.37. The third kappa shape index (κ3) is 4.82. The molecule has 0 saturated carbocycles. The zero-order valence-electron chi connectivity index (χ0n) is 17.5. The van der Waals surface area contributed by atoms with Crippen molar-refractivity contribution in [2.75, 3.05) is 19.0 Å². The highest BCUT2D eigenvalue weighted by atomic mass is 35.5. The number of anilines is 1. The summed E-state index contributed by atoms with van der Waals surface area (Å²) < 4.78 is 13.1. The van der Waals surface area contributed by atoms with Crippen LogP contribution in [0.25, 0.3) is 0 Å². The van der Waals surface area contributed by atoms with E-state index in [2.05, 4.69) is 15.1 Å². The van der Waals surface area contributed by atoms with Gasteiger partial charge in [-0.15, -0.1) is 0 Å².